The second-order valence-electron chi connectivity index (χ2n) is 6.74. The van der Waals surface area contributed by atoms with Crippen LogP contribution < -0.4 is 4.90 Å². The van der Waals surface area contributed by atoms with Crippen LogP contribution in [-0.4, -0.2) is 30.8 Å². The Morgan fingerprint density at radius 2 is 1.88 bits per heavy atom. The van der Waals surface area contributed by atoms with Crippen molar-refractivity contribution >= 4 is 11.7 Å². The molecule has 142 valence electrons. The summed E-state index contributed by atoms with van der Waals surface area (Å²) in [5, 5.41) is 9.21. The molecule has 1 aliphatic rings. The summed E-state index contributed by atoms with van der Waals surface area (Å²) in [7, 11) is 0. The molecule has 1 aliphatic carbocycles. The fraction of sp³-hybridized carbons (Fsp3) is 0.591. The van der Waals surface area contributed by atoms with Gasteiger partial charge in [-0.2, -0.15) is 0 Å². The molecular formula is C22H31NO3. The summed E-state index contributed by atoms with van der Waals surface area (Å²) < 4.78 is 5.82. The molecule has 1 saturated carbocycles. The number of rotatable bonds is 6. The monoisotopic (exact) mass is 357 g/mol. The lowest BCUT2D eigenvalue weighted by molar-refractivity contribution is -0.168. The molecule has 1 fully saturated rings. The predicted octanol–water partition coefficient (Wildman–Crippen LogP) is 3.99. The van der Waals surface area contributed by atoms with Crippen LogP contribution in [0, 0.1) is 11.8 Å². The van der Waals surface area contributed by atoms with Gasteiger partial charge in [0.1, 0.15) is 12.2 Å². The fourth-order valence-electron chi connectivity index (χ4n) is 3.80. The number of aliphatic hydroxyl groups is 1. The Bertz CT molecular complexity index is 662. The van der Waals surface area contributed by atoms with E-state index in [1.54, 1.807) is 0 Å². The van der Waals surface area contributed by atoms with Crippen molar-refractivity contribution in [3.05, 3.63) is 29.3 Å². The minimum absolute atomic E-state index is 0.561. The molecule has 0 radical (unpaired) electrons. The number of carbonyl (C=O) groups is 1. The van der Waals surface area contributed by atoms with E-state index in [0.29, 0.717) is 0 Å². The van der Waals surface area contributed by atoms with E-state index in [4.69, 9.17) is 4.74 Å². The molecule has 1 N–H and O–H groups in total. The molecule has 26 heavy (non-hydrogen) atoms. The molecule has 0 spiro atoms. The van der Waals surface area contributed by atoms with Gasteiger partial charge in [0.2, 0.25) is 0 Å². The molecule has 2 rings (SSSR count). The van der Waals surface area contributed by atoms with E-state index in [0.717, 1.165) is 68.4 Å². The molecule has 1 aromatic carbocycles. The smallest absolute Gasteiger partial charge is 0.332 e. The third-order valence-corrected chi connectivity index (χ3v) is 5.12. The maximum atomic E-state index is 11.9. The van der Waals surface area contributed by atoms with Crippen molar-refractivity contribution in [3.8, 4) is 11.8 Å². The lowest BCUT2D eigenvalue weighted by atomic mass is 9.77. The molecule has 0 bridgehead atoms. The van der Waals surface area contributed by atoms with Crippen molar-refractivity contribution in [1.82, 2.24) is 0 Å². The van der Waals surface area contributed by atoms with Crippen LogP contribution in [0.5, 0.6) is 0 Å². The van der Waals surface area contributed by atoms with Gasteiger partial charge < -0.3 is 14.7 Å². The van der Waals surface area contributed by atoms with Crippen LogP contribution in [0.4, 0.5) is 5.69 Å². The predicted molar refractivity (Wildman–Crippen MR) is 105 cm³/mol. The zero-order valence-electron chi connectivity index (χ0n) is 16.3. The molecular weight excluding hydrogens is 326 g/mol. The van der Waals surface area contributed by atoms with Crippen molar-refractivity contribution in [1.29, 1.82) is 0 Å². The Balaban J connectivity index is 2.54. The van der Waals surface area contributed by atoms with Gasteiger partial charge in [0, 0.05) is 36.3 Å². The van der Waals surface area contributed by atoms with Gasteiger partial charge >= 0.3 is 5.97 Å². The van der Waals surface area contributed by atoms with Crippen LogP contribution in [0.2, 0.25) is 0 Å². The number of benzene rings is 1. The third-order valence-electron chi connectivity index (χ3n) is 5.12. The summed E-state index contributed by atoms with van der Waals surface area (Å²) in [6, 6.07) is 6.29. The van der Waals surface area contributed by atoms with E-state index in [1.165, 1.54) is 0 Å². The molecule has 0 heterocycles. The van der Waals surface area contributed by atoms with E-state index >= 15 is 0 Å². The maximum Gasteiger partial charge on any atom is 0.332 e. The minimum atomic E-state index is -0.669. The first-order valence-electron chi connectivity index (χ1n) is 9.81. The summed E-state index contributed by atoms with van der Waals surface area (Å²) in [4.78, 5) is 14.2. The van der Waals surface area contributed by atoms with Gasteiger partial charge in [-0.3, -0.25) is 0 Å². The second kappa shape index (κ2) is 9.64. The van der Waals surface area contributed by atoms with Crippen molar-refractivity contribution in [3.63, 3.8) is 0 Å². The summed E-state index contributed by atoms with van der Waals surface area (Å²) in [5.41, 5.74) is 2.38. The van der Waals surface area contributed by atoms with Crippen LogP contribution in [0.1, 0.15) is 70.4 Å². The fourth-order valence-corrected chi connectivity index (χ4v) is 3.80. The average molecular weight is 357 g/mol. The van der Waals surface area contributed by atoms with E-state index < -0.39 is 18.2 Å². The highest BCUT2D eigenvalue weighted by atomic mass is 16.6. The molecule has 1 aromatic rings. The third kappa shape index (κ3) is 4.59. The molecule has 0 unspecified atom stereocenters. The Kier molecular flexibility index (Phi) is 7.53. The first kappa shape index (κ1) is 20.3. The Hall–Kier alpha value is -1.99. The summed E-state index contributed by atoms with van der Waals surface area (Å²) in [5.74, 6) is 5.90. The molecule has 0 atom stereocenters. The van der Waals surface area contributed by atoms with Crippen LogP contribution in [-0.2, 0) is 15.1 Å². The summed E-state index contributed by atoms with van der Waals surface area (Å²) in [6.07, 6.45) is 5.51. The average Bonchev–Trinajstić information content (AvgIpc) is 2.68. The standard InChI is InChI=1S/C22H31NO3/c1-4-7-11-18-16-19(23(5-2)6-3)12-13-20(18)22(26-21(25)17-24)14-9-8-10-15-22/h12-13,16,24H,4-6,8-10,14-15,17H2,1-3H3. The van der Waals surface area contributed by atoms with Crippen molar-refractivity contribution in [2.75, 3.05) is 24.6 Å². The number of carbonyl (C=O) groups excluding carboxylic acids is 1. The van der Waals surface area contributed by atoms with Gasteiger partial charge in [0.15, 0.2) is 0 Å². The van der Waals surface area contributed by atoms with Crippen molar-refractivity contribution < 1.29 is 14.6 Å². The van der Waals surface area contributed by atoms with Crippen LogP contribution >= 0.6 is 0 Å². The Labute approximate surface area is 157 Å². The first-order valence-corrected chi connectivity index (χ1v) is 9.81. The van der Waals surface area contributed by atoms with Gasteiger partial charge in [-0.05, 0) is 51.7 Å². The van der Waals surface area contributed by atoms with E-state index in [1.807, 2.05) is 6.92 Å². The van der Waals surface area contributed by atoms with Gasteiger partial charge in [-0.15, -0.1) is 0 Å². The minimum Gasteiger partial charge on any atom is -0.452 e. The van der Waals surface area contributed by atoms with Crippen molar-refractivity contribution in [2.45, 2.75) is 64.9 Å². The SMILES string of the molecule is CCC#Cc1cc(N(CC)CC)ccc1C1(OC(=O)CO)CCCCC1. The maximum absolute atomic E-state index is 11.9. The van der Waals surface area contributed by atoms with Gasteiger partial charge in [-0.1, -0.05) is 31.3 Å². The largest absolute Gasteiger partial charge is 0.452 e. The lowest BCUT2D eigenvalue weighted by Gasteiger charge is -2.38. The Morgan fingerprint density at radius 1 is 1.19 bits per heavy atom. The second-order valence-corrected chi connectivity index (χ2v) is 6.74. The van der Waals surface area contributed by atoms with Crippen LogP contribution in [0.15, 0.2) is 18.2 Å². The number of ether oxygens (including phenoxy) is 1. The highest BCUT2D eigenvalue weighted by molar-refractivity contribution is 5.71. The van der Waals surface area contributed by atoms with E-state index in [9.17, 15) is 9.90 Å². The molecule has 0 amide bonds. The quantitative estimate of drug-likeness (QED) is 0.618. The molecule has 4 nitrogen and oxygen atoms in total. The zero-order valence-corrected chi connectivity index (χ0v) is 16.3. The highest BCUT2D eigenvalue weighted by Gasteiger charge is 2.39. The highest BCUT2D eigenvalue weighted by Crippen LogP contribution is 2.42. The first-order chi connectivity index (χ1) is 12.6. The van der Waals surface area contributed by atoms with Crippen molar-refractivity contribution in [2.24, 2.45) is 0 Å². The summed E-state index contributed by atoms with van der Waals surface area (Å²) >= 11 is 0. The van der Waals surface area contributed by atoms with E-state index in [-0.39, 0.29) is 0 Å². The molecule has 4 heteroatoms. The molecule has 0 aliphatic heterocycles. The normalized spacial score (nSPS) is 15.7. The number of esters is 1. The van der Waals surface area contributed by atoms with Crippen LogP contribution in [0.25, 0.3) is 0 Å². The van der Waals surface area contributed by atoms with Gasteiger partial charge in [0.05, 0.1) is 0 Å². The summed E-state index contributed by atoms with van der Waals surface area (Å²) in [6.45, 7) is 7.58. The lowest BCUT2D eigenvalue weighted by Crippen LogP contribution is -2.36. The number of anilines is 1. The number of hydrogen-bond donors (Lipinski definition) is 1. The number of hydrogen-bond acceptors (Lipinski definition) is 4. The zero-order chi connectivity index (χ0) is 19.0. The van der Waals surface area contributed by atoms with E-state index in [2.05, 4.69) is 48.8 Å². The van der Waals surface area contributed by atoms with Gasteiger partial charge in [0.25, 0.3) is 0 Å². The Morgan fingerprint density at radius 3 is 2.46 bits per heavy atom. The van der Waals surface area contributed by atoms with Gasteiger partial charge in [-0.25, -0.2) is 4.79 Å². The molecule has 0 saturated heterocycles. The van der Waals surface area contributed by atoms with Crippen LogP contribution in [0.3, 0.4) is 0 Å². The molecule has 0 aromatic heterocycles. The number of aliphatic hydroxyl groups excluding tert-OH is 1. The topological polar surface area (TPSA) is 49.8 Å². The number of nitrogens with zero attached hydrogens (tertiary/aromatic N) is 1.